The van der Waals surface area contributed by atoms with Crippen molar-refractivity contribution in [1.29, 1.82) is 0 Å². The average Bonchev–Trinajstić information content (AvgIpc) is 3.35. The van der Waals surface area contributed by atoms with Crippen LogP contribution in [0.1, 0.15) is 33.3 Å². The summed E-state index contributed by atoms with van der Waals surface area (Å²) in [4.78, 5) is 18.1. The third-order valence-corrected chi connectivity index (χ3v) is 14.0. The van der Waals surface area contributed by atoms with Gasteiger partial charge in [-0.25, -0.2) is 0 Å². The molecule has 0 spiro atoms. The standard InChI is InChI=1S/C50H49N11O6S3/c1-5-60(6-2)36-24-26-42(57-56-41-22-14-18-34-16-9-11-20-39(34)41)44(30-36)51-48-53-49(55-50(54-48)68-32-33-15-13-19-38(29-33)69(62,63)64)52-45-31-37(61(7-3)8-4)25-27-43(45)58-59-47-40-21-12-10-17-35(40)23-28-46(47)70(65,66)67/h9-31H,5-8,32H2,1-4H3,(H,62,63,64)(H,65,66,67)(H2,51,52,53,54,55). The summed E-state index contributed by atoms with van der Waals surface area (Å²) in [7, 11) is -9.15. The zero-order valence-electron chi connectivity index (χ0n) is 38.6. The lowest BCUT2D eigenvalue weighted by molar-refractivity contribution is 0.481. The smallest absolute Gasteiger partial charge is 0.296 e. The summed E-state index contributed by atoms with van der Waals surface area (Å²) in [5, 5.41) is 28.5. The Balaban J connectivity index is 1.24. The lowest BCUT2D eigenvalue weighted by atomic mass is 10.1. The van der Waals surface area contributed by atoms with Crippen molar-refractivity contribution >= 4 is 111 Å². The molecule has 8 rings (SSSR count). The number of hydrogen-bond acceptors (Lipinski definition) is 16. The number of thioether (sulfide) groups is 1. The lowest BCUT2D eigenvalue weighted by Crippen LogP contribution is -2.21. The Bertz CT molecular complexity index is 3490. The van der Waals surface area contributed by atoms with E-state index in [1.807, 2.05) is 92.7 Å². The minimum atomic E-state index is -4.69. The summed E-state index contributed by atoms with van der Waals surface area (Å²) >= 11 is 1.20. The molecule has 17 nitrogen and oxygen atoms in total. The lowest BCUT2D eigenvalue weighted by Gasteiger charge is -2.22. The van der Waals surface area contributed by atoms with Gasteiger partial charge in [-0.3, -0.25) is 9.11 Å². The van der Waals surface area contributed by atoms with E-state index in [0.29, 0.717) is 57.9 Å². The average molecular weight is 996 g/mol. The summed E-state index contributed by atoms with van der Waals surface area (Å²) in [5.41, 5.74) is 4.74. The molecule has 358 valence electrons. The molecule has 0 fully saturated rings. The van der Waals surface area contributed by atoms with Crippen molar-refractivity contribution in [2.45, 2.75) is 48.4 Å². The highest BCUT2D eigenvalue weighted by Gasteiger charge is 2.20. The van der Waals surface area contributed by atoms with E-state index in [0.717, 1.165) is 35.2 Å². The molecule has 1 aromatic heterocycles. The van der Waals surface area contributed by atoms with Crippen LogP contribution in [0.2, 0.25) is 0 Å². The Hall–Kier alpha value is -7.36. The Labute approximate surface area is 410 Å². The van der Waals surface area contributed by atoms with Crippen LogP contribution < -0.4 is 20.4 Å². The number of azo groups is 2. The first-order valence-electron chi connectivity index (χ1n) is 22.3. The van der Waals surface area contributed by atoms with Crippen LogP contribution in [0.4, 0.5) is 57.4 Å². The van der Waals surface area contributed by atoms with Gasteiger partial charge >= 0.3 is 0 Å². The van der Waals surface area contributed by atoms with Crippen LogP contribution >= 0.6 is 11.8 Å². The van der Waals surface area contributed by atoms with E-state index in [1.54, 1.807) is 42.5 Å². The molecule has 0 radical (unpaired) electrons. The van der Waals surface area contributed by atoms with Gasteiger partial charge in [-0.2, -0.15) is 31.8 Å². The van der Waals surface area contributed by atoms with E-state index < -0.39 is 25.1 Å². The Morgan fingerprint density at radius 2 is 1.06 bits per heavy atom. The van der Waals surface area contributed by atoms with Crippen molar-refractivity contribution in [2.75, 3.05) is 46.6 Å². The van der Waals surface area contributed by atoms with Crippen molar-refractivity contribution in [3.05, 3.63) is 145 Å². The monoisotopic (exact) mass is 995 g/mol. The van der Waals surface area contributed by atoms with Crippen LogP contribution in [0, 0.1) is 0 Å². The fourth-order valence-corrected chi connectivity index (χ4v) is 9.73. The molecule has 0 bridgehead atoms. The van der Waals surface area contributed by atoms with Gasteiger partial charge in [-0.05, 0) is 105 Å². The third kappa shape index (κ3) is 11.6. The molecular weight excluding hydrogens is 947 g/mol. The van der Waals surface area contributed by atoms with Crippen molar-refractivity contribution in [2.24, 2.45) is 20.5 Å². The topological polar surface area (TPSA) is 227 Å². The molecule has 0 aliphatic carbocycles. The molecule has 0 amide bonds. The summed E-state index contributed by atoms with van der Waals surface area (Å²) in [6.07, 6.45) is 0. The molecule has 0 aliphatic heterocycles. The minimum absolute atomic E-state index is 0.0388. The van der Waals surface area contributed by atoms with Gasteiger partial charge in [0.05, 0.1) is 22.0 Å². The van der Waals surface area contributed by atoms with E-state index in [4.69, 9.17) is 25.2 Å². The third-order valence-electron chi connectivity index (χ3n) is 11.3. The maximum Gasteiger partial charge on any atom is 0.296 e. The van der Waals surface area contributed by atoms with Crippen LogP contribution in [0.15, 0.2) is 175 Å². The Morgan fingerprint density at radius 3 is 1.64 bits per heavy atom. The molecule has 0 atom stereocenters. The van der Waals surface area contributed by atoms with E-state index >= 15 is 0 Å². The second kappa shape index (κ2) is 21.5. The van der Waals surface area contributed by atoms with E-state index in [2.05, 4.69) is 44.5 Å². The molecule has 7 aromatic carbocycles. The first-order chi connectivity index (χ1) is 33.7. The maximum absolute atomic E-state index is 12.6. The zero-order valence-corrected chi connectivity index (χ0v) is 41.0. The maximum atomic E-state index is 12.6. The minimum Gasteiger partial charge on any atom is -0.372 e. The highest BCUT2D eigenvalue weighted by molar-refractivity contribution is 7.98. The van der Waals surface area contributed by atoms with Crippen molar-refractivity contribution in [3.8, 4) is 0 Å². The fraction of sp³-hybridized carbons (Fsp3) is 0.180. The van der Waals surface area contributed by atoms with Gasteiger partial charge in [0.25, 0.3) is 20.2 Å². The number of rotatable bonds is 19. The second-order valence-corrected chi connectivity index (χ2v) is 19.4. The first-order valence-corrected chi connectivity index (χ1v) is 26.2. The van der Waals surface area contributed by atoms with Gasteiger partial charge in [0, 0.05) is 54.1 Å². The van der Waals surface area contributed by atoms with E-state index in [1.165, 1.54) is 30.0 Å². The van der Waals surface area contributed by atoms with E-state index in [9.17, 15) is 25.9 Å². The molecule has 70 heavy (non-hydrogen) atoms. The molecule has 0 unspecified atom stereocenters. The van der Waals surface area contributed by atoms with Gasteiger partial charge in [-0.15, -0.1) is 20.5 Å². The van der Waals surface area contributed by atoms with Crippen LogP contribution in [0.5, 0.6) is 0 Å². The van der Waals surface area contributed by atoms with Crippen molar-refractivity contribution in [3.63, 3.8) is 0 Å². The molecule has 1 heterocycles. The fourth-order valence-electron chi connectivity index (χ4n) is 7.76. The number of fused-ring (bicyclic) bond motifs is 2. The van der Waals surface area contributed by atoms with Crippen molar-refractivity contribution in [1.82, 2.24) is 15.0 Å². The van der Waals surface area contributed by atoms with E-state index in [-0.39, 0.29) is 33.4 Å². The first kappa shape index (κ1) is 49.1. The van der Waals surface area contributed by atoms with Gasteiger partial charge in [0.2, 0.25) is 11.9 Å². The van der Waals surface area contributed by atoms with Crippen LogP contribution in [-0.4, -0.2) is 67.1 Å². The van der Waals surface area contributed by atoms with Crippen LogP contribution in [0.25, 0.3) is 21.5 Å². The summed E-state index contributed by atoms with van der Waals surface area (Å²) in [6, 6.07) is 41.0. The van der Waals surface area contributed by atoms with Gasteiger partial charge in [-0.1, -0.05) is 90.6 Å². The molecule has 20 heteroatoms. The van der Waals surface area contributed by atoms with Gasteiger partial charge in [0.15, 0.2) is 5.16 Å². The number of hydrogen-bond donors (Lipinski definition) is 4. The predicted molar refractivity (Wildman–Crippen MR) is 278 cm³/mol. The molecule has 0 saturated heterocycles. The van der Waals surface area contributed by atoms with Gasteiger partial charge in [0.1, 0.15) is 22.0 Å². The number of benzene rings is 7. The second-order valence-electron chi connectivity index (χ2n) is 15.7. The molecule has 4 N–H and O–H groups in total. The zero-order chi connectivity index (χ0) is 49.4. The predicted octanol–water partition coefficient (Wildman–Crippen LogP) is 13.0. The molecular formula is C50H49N11O6S3. The number of nitrogens with zero attached hydrogens (tertiary/aromatic N) is 9. The molecule has 0 aliphatic rings. The Morgan fingerprint density at radius 1 is 0.529 bits per heavy atom. The quantitative estimate of drug-likeness (QED) is 0.0336. The Kier molecular flexibility index (Phi) is 15.1. The molecule has 8 aromatic rings. The number of nitrogens with one attached hydrogen (secondary N) is 2. The van der Waals surface area contributed by atoms with Crippen LogP contribution in [-0.2, 0) is 26.0 Å². The SMILES string of the molecule is CCN(CC)c1ccc(N=Nc2cccc3ccccc23)c(Nc2nc(Nc3cc(N(CC)CC)ccc3N=Nc3c(S(=O)(=O)O)ccc4ccccc34)nc(SCc3cccc(S(=O)(=O)O)c3)n2)c1. The number of anilines is 6. The highest BCUT2D eigenvalue weighted by Crippen LogP contribution is 2.39. The highest BCUT2D eigenvalue weighted by atomic mass is 32.2. The van der Waals surface area contributed by atoms with Crippen LogP contribution in [0.3, 0.4) is 0 Å². The van der Waals surface area contributed by atoms with Crippen molar-refractivity contribution < 1.29 is 25.9 Å². The van der Waals surface area contributed by atoms with Gasteiger partial charge < -0.3 is 20.4 Å². The molecule has 0 saturated carbocycles. The summed E-state index contributed by atoms with van der Waals surface area (Å²) in [5.74, 6) is 0.427. The largest absolute Gasteiger partial charge is 0.372 e. The summed E-state index contributed by atoms with van der Waals surface area (Å²) < 4.78 is 69.2. The summed E-state index contributed by atoms with van der Waals surface area (Å²) in [6.45, 7) is 11.1. The normalized spacial score (nSPS) is 12.0. The number of aromatic nitrogens is 3.